The van der Waals surface area contributed by atoms with E-state index in [1.54, 1.807) is 0 Å². The first-order valence-corrected chi connectivity index (χ1v) is 6.51. The van der Waals surface area contributed by atoms with Crippen molar-refractivity contribution in [3.05, 3.63) is 9.02 Å². The maximum absolute atomic E-state index is 5.24. The molecule has 4 heteroatoms. The minimum Gasteiger partial charge on any atom is -0.382 e. The number of nitrogens with zero attached hydrogens (tertiary/aromatic N) is 1. The molecular weight excluding hydrogens is 236 g/mol. The molecule has 1 aromatic rings. The van der Waals surface area contributed by atoms with Gasteiger partial charge in [0, 0.05) is 20.6 Å². The van der Waals surface area contributed by atoms with Crippen LogP contribution in [0.25, 0.3) is 0 Å². The molecule has 0 amide bonds. The number of nitrogens with one attached hydrogen (secondary N) is 1. The highest BCUT2D eigenvalue weighted by molar-refractivity contribution is 7.74. The van der Waals surface area contributed by atoms with Crippen molar-refractivity contribution in [2.45, 2.75) is 26.7 Å². The third-order valence-electron chi connectivity index (χ3n) is 2.59. The van der Waals surface area contributed by atoms with Crippen molar-refractivity contribution < 1.29 is 0 Å². The maximum Gasteiger partial charge on any atom is 0.0834 e. The molecule has 0 saturated heterocycles. The zero-order chi connectivity index (χ0) is 12.3. The zero-order valence-electron chi connectivity index (χ0n) is 10.5. The number of hydrogen-bond acceptors (Lipinski definition) is 4. The van der Waals surface area contributed by atoms with E-state index in [0.29, 0.717) is 0 Å². The van der Waals surface area contributed by atoms with Crippen LogP contribution in [0.2, 0.25) is 0 Å². The second kappa shape index (κ2) is 5.73. The zero-order valence-corrected chi connectivity index (χ0v) is 12.1. The van der Waals surface area contributed by atoms with Gasteiger partial charge in [0.1, 0.15) is 0 Å². The smallest absolute Gasteiger partial charge is 0.0834 e. The van der Waals surface area contributed by atoms with E-state index >= 15 is 0 Å². The Morgan fingerprint density at radius 1 is 1.19 bits per heavy atom. The Labute approximate surface area is 108 Å². The fourth-order valence-corrected chi connectivity index (χ4v) is 2.35. The molecule has 0 aliphatic heterocycles. The van der Waals surface area contributed by atoms with Crippen molar-refractivity contribution in [2.24, 2.45) is 5.92 Å². The SMILES string of the molecule is CC(C)CCCNc1c(N(C)C)c(=S)c1=S. The van der Waals surface area contributed by atoms with Gasteiger partial charge >= 0.3 is 0 Å². The van der Waals surface area contributed by atoms with Crippen molar-refractivity contribution in [3.8, 4) is 0 Å². The van der Waals surface area contributed by atoms with Crippen LogP contribution in [0.3, 0.4) is 0 Å². The minimum atomic E-state index is 0.763. The van der Waals surface area contributed by atoms with Gasteiger partial charge in [-0.15, -0.1) is 0 Å². The lowest BCUT2D eigenvalue weighted by atomic mass is 10.1. The van der Waals surface area contributed by atoms with Gasteiger partial charge in [0.2, 0.25) is 0 Å². The monoisotopic (exact) mass is 256 g/mol. The second-order valence-electron chi connectivity index (χ2n) is 4.74. The summed E-state index contributed by atoms with van der Waals surface area (Å²) in [7, 11) is 4.00. The summed E-state index contributed by atoms with van der Waals surface area (Å²) in [4.78, 5) is 2.03. The van der Waals surface area contributed by atoms with Gasteiger partial charge in [-0.3, -0.25) is 0 Å². The van der Waals surface area contributed by atoms with Crippen molar-refractivity contribution in [1.82, 2.24) is 0 Å². The second-order valence-corrected chi connectivity index (χ2v) is 5.56. The van der Waals surface area contributed by atoms with Crippen molar-refractivity contribution in [1.29, 1.82) is 0 Å². The van der Waals surface area contributed by atoms with E-state index in [1.807, 2.05) is 19.0 Å². The molecule has 0 bridgehead atoms. The molecule has 0 radical (unpaired) electrons. The summed E-state index contributed by atoms with van der Waals surface area (Å²) >= 11 is 10.5. The highest BCUT2D eigenvalue weighted by Crippen LogP contribution is 2.34. The topological polar surface area (TPSA) is 15.3 Å². The van der Waals surface area contributed by atoms with Crippen LogP contribution in [0, 0.1) is 14.9 Å². The number of anilines is 2. The Morgan fingerprint density at radius 2 is 1.81 bits per heavy atom. The van der Waals surface area contributed by atoms with Crippen LogP contribution in [0.15, 0.2) is 0 Å². The molecule has 1 rings (SSSR count). The van der Waals surface area contributed by atoms with E-state index in [2.05, 4.69) is 19.2 Å². The molecule has 0 unspecified atom stereocenters. The maximum atomic E-state index is 5.24. The van der Waals surface area contributed by atoms with Crippen molar-refractivity contribution >= 4 is 35.8 Å². The molecule has 16 heavy (non-hydrogen) atoms. The fourth-order valence-electron chi connectivity index (χ4n) is 1.69. The molecule has 0 heterocycles. The van der Waals surface area contributed by atoms with Gasteiger partial charge in [-0.05, 0) is 18.8 Å². The lowest BCUT2D eigenvalue weighted by Crippen LogP contribution is -2.16. The predicted octanol–water partition coefficient (Wildman–Crippen LogP) is 3.94. The molecule has 0 saturated carbocycles. The summed E-state index contributed by atoms with van der Waals surface area (Å²) in [6.45, 7) is 5.47. The number of rotatable bonds is 6. The molecule has 0 aliphatic carbocycles. The van der Waals surface area contributed by atoms with Gasteiger partial charge in [-0.2, -0.15) is 0 Å². The molecule has 2 nitrogen and oxygen atoms in total. The lowest BCUT2D eigenvalue weighted by molar-refractivity contribution is 0.567. The van der Waals surface area contributed by atoms with E-state index in [9.17, 15) is 0 Å². The lowest BCUT2D eigenvalue weighted by Gasteiger charge is -2.22. The normalized spacial score (nSPS) is 11.1. The third kappa shape index (κ3) is 3.01. The van der Waals surface area contributed by atoms with Gasteiger partial charge in [-0.25, -0.2) is 0 Å². The molecule has 0 atom stereocenters. The molecule has 0 aromatic heterocycles. The average molecular weight is 256 g/mol. The van der Waals surface area contributed by atoms with E-state index < -0.39 is 0 Å². The highest BCUT2D eigenvalue weighted by Gasteiger charge is 2.15. The van der Waals surface area contributed by atoms with E-state index in [4.69, 9.17) is 24.4 Å². The molecule has 1 aromatic carbocycles. The summed E-state index contributed by atoms with van der Waals surface area (Å²) in [6, 6.07) is 0. The van der Waals surface area contributed by atoms with E-state index in [0.717, 1.165) is 32.9 Å². The van der Waals surface area contributed by atoms with Gasteiger partial charge in [-0.1, -0.05) is 38.3 Å². The molecule has 0 spiro atoms. The summed E-state index contributed by atoms with van der Waals surface area (Å²) in [5.74, 6) is 0.763. The van der Waals surface area contributed by atoms with Gasteiger partial charge in [0.25, 0.3) is 0 Å². The van der Waals surface area contributed by atoms with Crippen LogP contribution in [0.1, 0.15) is 26.7 Å². The summed E-state index contributed by atoms with van der Waals surface area (Å²) in [5, 5.41) is 3.40. The Kier molecular flexibility index (Phi) is 4.87. The molecule has 0 fully saturated rings. The predicted molar refractivity (Wildman–Crippen MR) is 77.4 cm³/mol. The van der Waals surface area contributed by atoms with Crippen LogP contribution in [0.4, 0.5) is 11.4 Å². The van der Waals surface area contributed by atoms with Crippen LogP contribution in [-0.2, 0) is 0 Å². The van der Waals surface area contributed by atoms with Crippen molar-refractivity contribution in [2.75, 3.05) is 30.9 Å². The fraction of sp³-hybridized carbons (Fsp3) is 0.667. The first-order chi connectivity index (χ1) is 7.45. The first kappa shape index (κ1) is 13.6. The molecular formula is C12H20N2S2. The van der Waals surface area contributed by atoms with Gasteiger partial charge in [0.15, 0.2) is 0 Å². The summed E-state index contributed by atoms with van der Waals surface area (Å²) in [6.07, 6.45) is 2.42. The highest BCUT2D eigenvalue weighted by atomic mass is 32.1. The van der Waals surface area contributed by atoms with Crippen LogP contribution >= 0.6 is 24.4 Å². The Bertz CT molecular complexity index is 415. The quantitative estimate of drug-likeness (QED) is 0.612. The van der Waals surface area contributed by atoms with Crippen LogP contribution in [0.5, 0.6) is 0 Å². The average Bonchev–Trinajstić information content (AvgIpc) is 2.20. The van der Waals surface area contributed by atoms with Crippen LogP contribution < -0.4 is 10.2 Å². The standard InChI is InChI=1S/C12H20N2S2/c1-8(2)6-5-7-13-9-10(14(3)4)12(16)11(9)15/h8,13H,5-7H2,1-4H3. The van der Waals surface area contributed by atoms with E-state index in [-0.39, 0.29) is 0 Å². The van der Waals surface area contributed by atoms with E-state index in [1.165, 1.54) is 12.8 Å². The third-order valence-corrected chi connectivity index (χ3v) is 3.53. The summed E-state index contributed by atoms with van der Waals surface area (Å²) in [5.41, 5.74) is 2.15. The van der Waals surface area contributed by atoms with Crippen LogP contribution in [-0.4, -0.2) is 20.6 Å². The Hall–Kier alpha value is -0.480. The van der Waals surface area contributed by atoms with Gasteiger partial charge in [0.05, 0.1) is 20.4 Å². The van der Waals surface area contributed by atoms with Gasteiger partial charge < -0.3 is 10.2 Å². The van der Waals surface area contributed by atoms with Crippen molar-refractivity contribution in [3.63, 3.8) is 0 Å². The number of hydrogen-bond donors (Lipinski definition) is 1. The first-order valence-electron chi connectivity index (χ1n) is 5.69. The molecule has 90 valence electrons. The molecule has 1 N–H and O–H groups in total. The Morgan fingerprint density at radius 3 is 2.31 bits per heavy atom. The Balaban J connectivity index is 2.52. The largest absolute Gasteiger partial charge is 0.382 e. The molecule has 0 aliphatic rings. The summed E-state index contributed by atoms with van der Waals surface area (Å²) < 4.78 is 1.65. The minimum absolute atomic E-state index is 0.763.